The van der Waals surface area contributed by atoms with Gasteiger partial charge in [-0.15, -0.1) is 5.10 Å². The molecule has 1 aromatic heterocycles. The minimum absolute atomic E-state index is 0.0930. The Kier molecular flexibility index (Phi) is 8.14. The number of hydrogen-bond acceptors (Lipinski definition) is 5. The van der Waals surface area contributed by atoms with Gasteiger partial charge in [-0.2, -0.15) is 0 Å². The van der Waals surface area contributed by atoms with E-state index in [1.807, 2.05) is 87.5 Å². The van der Waals surface area contributed by atoms with Crippen LogP contribution in [0.25, 0.3) is 11.0 Å². The van der Waals surface area contributed by atoms with Crippen molar-refractivity contribution in [1.82, 2.24) is 20.3 Å². The van der Waals surface area contributed by atoms with Crippen LogP contribution in [0, 0.1) is 13.8 Å². The summed E-state index contributed by atoms with van der Waals surface area (Å²) in [6.07, 6.45) is 5.26. The molecule has 0 radical (unpaired) electrons. The lowest BCUT2D eigenvalue weighted by Gasteiger charge is -2.35. The quantitative estimate of drug-likeness (QED) is 0.304. The Morgan fingerprint density at radius 2 is 1.70 bits per heavy atom. The summed E-state index contributed by atoms with van der Waals surface area (Å²) in [4.78, 5) is 30.4. The summed E-state index contributed by atoms with van der Waals surface area (Å²) in [5.41, 5.74) is 4.98. The number of hydrogen-bond donors (Lipinski definition) is 1. The molecule has 1 fully saturated rings. The number of rotatable bonds is 8. The van der Waals surface area contributed by atoms with Gasteiger partial charge in [-0.3, -0.25) is 14.5 Å². The van der Waals surface area contributed by atoms with Crippen molar-refractivity contribution in [3.63, 3.8) is 0 Å². The zero-order chi connectivity index (χ0) is 28.2. The Balaban J connectivity index is 1.61. The number of methoxy groups -OCH3 is 1. The van der Waals surface area contributed by atoms with Gasteiger partial charge < -0.3 is 10.1 Å². The molecule has 40 heavy (non-hydrogen) atoms. The maximum absolute atomic E-state index is 14.5. The predicted molar refractivity (Wildman–Crippen MR) is 156 cm³/mol. The first kappa shape index (κ1) is 27.4. The molecule has 1 aliphatic rings. The monoisotopic (exact) mass is 539 g/mol. The number of ether oxygens (including phenoxy) is 1. The summed E-state index contributed by atoms with van der Waals surface area (Å²) in [5, 5.41) is 11.9. The minimum atomic E-state index is -0.889. The molecule has 3 aromatic carbocycles. The average Bonchev–Trinajstić information content (AvgIpc) is 3.41. The van der Waals surface area contributed by atoms with Gasteiger partial charge in [0.2, 0.25) is 5.91 Å². The molecule has 2 atom stereocenters. The van der Waals surface area contributed by atoms with Crippen molar-refractivity contribution in [2.45, 2.75) is 71.0 Å². The lowest BCUT2D eigenvalue weighted by atomic mass is 9.94. The van der Waals surface area contributed by atoms with E-state index in [0.717, 1.165) is 42.3 Å². The molecule has 4 aromatic rings. The number of amides is 2. The number of nitrogens with one attached hydrogen (secondary N) is 1. The molecule has 8 heteroatoms. The fraction of sp³-hybridized carbons (Fsp3) is 0.375. The molecule has 8 nitrogen and oxygen atoms in total. The SMILES string of the molecule is COc1ccc([C@H](C(=O)NC2CCCCC2)N(C(=O)[C@@H](C)n2nnc3ccccc32)c2ccc(C)c(C)c2)cc1. The van der Waals surface area contributed by atoms with E-state index in [-0.39, 0.29) is 17.9 Å². The highest BCUT2D eigenvalue weighted by atomic mass is 16.5. The summed E-state index contributed by atoms with van der Waals surface area (Å²) in [5.74, 6) is 0.236. The number of aromatic nitrogens is 3. The summed E-state index contributed by atoms with van der Waals surface area (Å²) in [7, 11) is 1.61. The van der Waals surface area contributed by atoms with Crippen LogP contribution in [0.15, 0.2) is 66.7 Å². The molecular formula is C32H37N5O3. The molecule has 0 bridgehead atoms. The van der Waals surface area contributed by atoms with Crippen LogP contribution in [0.2, 0.25) is 0 Å². The number of fused-ring (bicyclic) bond motifs is 1. The molecule has 208 valence electrons. The van der Waals surface area contributed by atoms with Crippen LogP contribution in [0.4, 0.5) is 5.69 Å². The fourth-order valence-corrected chi connectivity index (χ4v) is 5.49. The molecule has 0 saturated heterocycles. The molecule has 5 rings (SSSR count). The van der Waals surface area contributed by atoms with Gasteiger partial charge >= 0.3 is 0 Å². The van der Waals surface area contributed by atoms with Crippen molar-refractivity contribution < 1.29 is 14.3 Å². The van der Waals surface area contributed by atoms with E-state index < -0.39 is 12.1 Å². The molecular weight excluding hydrogens is 502 g/mol. The number of anilines is 1. The highest BCUT2D eigenvalue weighted by molar-refractivity contribution is 6.03. The number of nitrogens with zero attached hydrogens (tertiary/aromatic N) is 4. The molecule has 1 saturated carbocycles. The standard InChI is InChI=1S/C32H37N5O3/c1-21-14-17-26(20-22(21)2)36(32(39)23(3)37-29-13-9-8-12-28(29)34-35-37)30(24-15-18-27(40-4)19-16-24)31(38)33-25-10-6-5-7-11-25/h8-9,12-20,23,25,30H,5-7,10-11H2,1-4H3,(H,33,38)/t23-,30-/m1/s1. The van der Waals surface area contributed by atoms with Gasteiger partial charge in [0.25, 0.3) is 5.91 Å². The molecule has 1 aliphatic carbocycles. The average molecular weight is 540 g/mol. The van der Waals surface area contributed by atoms with Gasteiger partial charge in [0.05, 0.1) is 12.6 Å². The van der Waals surface area contributed by atoms with Crippen molar-refractivity contribution in [2.24, 2.45) is 0 Å². The predicted octanol–water partition coefficient (Wildman–Crippen LogP) is 5.84. The molecule has 1 N–H and O–H groups in total. The van der Waals surface area contributed by atoms with E-state index in [0.29, 0.717) is 22.5 Å². The van der Waals surface area contributed by atoms with Crippen LogP contribution in [-0.2, 0) is 9.59 Å². The lowest BCUT2D eigenvalue weighted by molar-refractivity contribution is -0.128. The second kappa shape index (κ2) is 11.9. The second-order valence-corrected chi connectivity index (χ2v) is 10.7. The third-order valence-corrected chi connectivity index (χ3v) is 8.00. The third kappa shape index (κ3) is 5.57. The van der Waals surface area contributed by atoms with E-state index in [1.54, 1.807) is 16.7 Å². The molecule has 0 spiro atoms. The first-order valence-electron chi connectivity index (χ1n) is 14.0. The number of carbonyl (C=O) groups excluding carboxylic acids is 2. The normalized spacial score (nSPS) is 15.4. The summed E-state index contributed by atoms with van der Waals surface area (Å²) in [6.45, 7) is 5.86. The number of benzene rings is 3. The highest BCUT2D eigenvalue weighted by Crippen LogP contribution is 2.33. The van der Waals surface area contributed by atoms with Gasteiger partial charge in [0, 0.05) is 11.7 Å². The maximum atomic E-state index is 14.5. The van der Waals surface area contributed by atoms with Crippen LogP contribution in [0.5, 0.6) is 5.75 Å². The van der Waals surface area contributed by atoms with Crippen molar-refractivity contribution in [3.8, 4) is 5.75 Å². The molecule has 0 aliphatic heterocycles. The van der Waals surface area contributed by atoms with Gasteiger partial charge in [0.15, 0.2) is 0 Å². The Morgan fingerprint density at radius 3 is 2.40 bits per heavy atom. The maximum Gasteiger partial charge on any atom is 0.252 e. The number of aryl methyl sites for hydroxylation is 2. The third-order valence-electron chi connectivity index (χ3n) is 8.00. The lowest BCUT2D eigenvalue weighted by Crippen LogP contribution is -2.49. The van der Waals surface area contributed by atoms with E-state index in [4.69, 9.17) is 4.74 Å². The van der Waals surface area contributed by atoms with Crippen LogP contribution in [-0.4, -0.2) is 40.0 Å². The largest absolute Gasteiger partial charge is 0.497 e. The van der Waals surface area contributed by atoms with Gasteiger partial charge in [0.1, 0.15) is 23.3 Å². The van der Waals surface area contributed by atoms with Crippen LogP contribution >= 0.6 is 0 Å². The van der Waals surface area contributed by atoms with E-state index in [9.17, 15) is 9.59 Å². The Hall–Kier alpha value is -4.20. The van der Waals surface area contributed by atoms with Crippen molar-refractivity contribution in [2.75, 3.05) is 12.0 Å². The Labute approximate surface area is 235 Å². The number of para-hydroxylation sites is 1. The van der Waals surface area contributed by atoms with Crippen LogP contribution in [0.1, 0.15) is 67.8 Å². The summed E-state index contributed by atoms with van der Waals surface area (Å²) >= 11 is 0. The molecule has 0 unspecified atom stereocenters. The van der Waals surface area contributed by atoms with Gasteiger partial charge in [-0.05, 0) is 86.7 Å². The first-order chi connectivity index (χ1) is 19.4. The number of carbonyl (C=O) groups is 2. The van der Waals surface area contributed by atoms with Crippen LogP contribution in [0.3, 0.4) is 0 Å². The van der Waals surface area contributed by atoms with Crippen molar-refractivity contribution in [1.29, 1.82) is 0 Å². The van der Waals surface area contributed by atoms with Gasteiger partial charge in [-0.25, -0.2) is 4.68 Å². The Bertz CT molecular complexity index is 1490. The summed E-state index contributed by atoms with van der Waals surface area (Å²) in [6, 6.07) is 19.3. The van der Waals surface area contributed by atoms with Crippen molar-refractivity contribution >= 4 is 28.5 Å². The van der Waals surface area contributed by atoms with E-state index >= 15 is 0 Å². The second-order valence-electron chi connectivity index (χ2n) is 10.7. The van der Waals surface area contributed by atoms with E-state index in [2.05, 4.69) is 15.6 Å². The van der Waals surface area contributed by atoms with Gasteiger partial charge in [-0.1, -0.05) is 54.8 Å². The van der Waals surface area contributed by atoms with Crippen LogP contribution < -0.4 is 15.0 Å². The smallest absolute Gasteiger partial charge is 0.252 e. The van der Waals surface area contributed by atoms with Crippen molar-refractivity contribution in [3.05, 3.63) is 83.4 Å². The summed E-state index contributed by atoms with van der Waals surface area (Å²) < 4.78 is 7.02. The zero-order valence-electron chi connectivity index (χ0n) is 23.6. The van der Waals surface area contributed by atoms with E-state index in [1.165, 1.54) is 6.42 Å². The zero-order valence-corrected chi connectivity index (χ0v) is 23.6. The molecule has 2 amide bonds. The topological polar surface area (TPSA) is 89.4 Å². The Morgan fingerprint density at radius 1 is 0.975 bits per heavy atom. The molecule has 1 heterocycles. The fourth-order valence-electron chi connectivity index (χ4n) is 5.49. The first-order valence-corrected chi connectivity index (χ1v) is 14.0. The minimum Gasteiger partial charge on any atom is -0.497 e. The highest BCUT2D eigenvalue weighted by Gasteiger charge is 2.37.